The van der Waals surface area contributed by atoms with Crippen molar-refractivity contribution in [1.29, 1.82) is 0 Å². The fourth-order valence-corrected chi connectivity index (χ4v) is 4.70. The van der Waals surface area contributed by atoms with E-state index < -0.39 is 70.7 Å². The monoisotopic (exact) mass is 694 g/mol. The van der Waals surface area contributed by atoms with Gasteiger partial charge in [0.25, 0.3) is 0 Å². The number of hydrogen-bond acceptors (Lipinski definition) is 5. The van der Waals surface area contributed by atoms with Crippen LogP contribution in [0.3, 0.4) is 0 Å². The van der Waals surface area contributed by atoms with E-state index in [1.165, 1.54) is 12.1 Å². The Bertz CT molecular complexity index is 1570. The first-order valence-electron chi connectivity index (χ1n) is 14.5. The van der Waals surface area contributed by atoms with Gasteiger partial charge < -0.3 is 18.9 Å². The van der Waals surface area contributed by atoms with Crippen LogP contribution in [0.15, 0.2) is 66.0 Å². The Morgan fingerprint density at radius 1 is 0.854 bits per heavy atom. The quantitative estimate of drug-likeness (QED) is 0.134. The molecule has 0 radical (unpaired) electrons. The SMILES string of the molecule is CCCOCCOC1CCC(c2ccc(C#Cc3cc(F)c(C(F)(F)OC4=CC(F)=CC(OC(F)(F)F)C(F)=C4)c(F)c3)c(F)c2)OC1. The molecule has 1 fully saturated rings. The van der Waals surface area contributed by atoms with E-state index in [4.69, 9.17) is 14.2 Å². The maximum atomic E-state index is 14.9. The number of benzene rings is 2. The molecule has 4 rings (SSSR count). The topological polar surface area (TPSA) is 46.2 Å². The Balaban J connectivity index is 1.41. The van der Waals surface area contributed by atoms with Crippen molar-refractivity contribution in [3.05, 3.63) is 106 Å². The van der Waals surface area contributed by atoms with E-state index in [-0.39, 0.29) is 29.9 Å². The van der Waals surface area contributed by atoms with Gasteiger partial charge in [0, 0.05) is 24.3 Å². The molecule has 0 bridgehead atoms. The Kier molecular flexibility index (Phi) is 12.4. The summed E-state index contributed by atoms with van der Waals surface area (Å²) in [6.07, 6.45) is -11.4. The van der Waals surface area contributed by atoms with Gasteiger partial charge in [0.2, 0.25) is 0 Å². The lowest BCUT2D eigenvalue weighted by Gasteiger charge is -2.29. The van der Waals surface area contributed by atoms with Crippen molar-refractivity contribution < 1.29 is 67.6 Å². The smallest absolute Gasteiger partial charge is 0.429 e. The molecule has 2 aliphatic rings. The van der Waals surface area contributed by atoms with Gasteiger partial charge in [-0.1, -0.05) is 24.8 Å². The molecule has 0 N–H and O–H groups in total. The second-order valence-electron chi connectivity index (χ2n) is 10.5. The molecule has 5 nitrogen and oxygen atoms in total. The van der Waals surface area contributed by atoms with Crippen LogP contribution in [-0.2, 0) is 29.8 Å². The van der Waals surface area contributed by atoms with Gasteiger partial charge >= 0.3 is 12.5 Å². The molecule has 260 valence electrons. The van der Waals surface area contributed by atoms with Crippen molar-refractivity contribution >= 4 is 0 Å². The number of rotatable bonds is 11. The number of alkyl halides is 5. The van der Waals surface area contributed by atoms with Gasteiger partial charge in [0.15, 0.2) is 0 Å². The maximum Gasteiger partial charge on any atom is 0.523 e. The largest absolute Gasteiger partial charge is 0.523 e. The lowest BCUT2D eigenvalue weighted by Crippen LogP contribution is -2.28. The number of allylic oxidation sites excluding steroid dienone is 3. The van der Waals surface area contributed by atoms with E-state index in [1.54, 1.807) is 6.07 Å². The second kappa shape index (κ2) is 16.0. The summed E-state index contributed by atoms with van der Waals surface area (Å²) in [6.45, 7) is 3.85. The Morgan fingerprint density at radius 2 is 1.58 bits per heavy atom. The summed E-state index contributed by atoms with van der Waals surface area (Å²) in [6, 6.07) is 4.87. The third-order valence-corrected chi connectivity index (χ3v) is 6.85. The van der Waals surface area contributed by atoms with Crippen molar-refractivity contribution in [3.63, 3.8) is 0 Å². The summed E-state index contributed by atoms with van der Waals surface area (Å²) in [4.78, 5) is 0. The minimum Gasteiger partial charge on any atom is -0.429 e. The number of hydrogen-bond donors (Lipinski definition) is 0. The molecule has 1 saturated heterocycles. The predicted octanol–water partition coefficient (Wildman–Crippen LogP) is 8.74. The van der Waals surface area contributed by atoms with Gasteiger partial charge in [-0.15, -0.1) is 13.2 Å². The van der Waals surface area contributed by atoms with E-state index in [0.717, 1.165) is 6.42 Å². The van der Waals surface area contributed by atoms with Crippen LogP contribution in [-0.4, -0.2) is 45.0 Å². The zero-order valence-corrected chi connectivity index (χ0v) is 25.1. The van der Waals surface area contributed by atoms with Crippen molar-refractivity contribution in [1.82, 2.24) is 0 Å². The van der Waals surface area contributed by atoms with Crippen molar-refractivity contribution in [2.75, 3.05) is 26.4 Å². The molecular formula is C33H28F10O5. The van der Waals surface area contributed by atoms with E-state index >= 15 is 0 Å². The summed E-state index contributed by atoms with van der Waals surface area (Å²) < 4.78 is 164. The van der Waals surface area contributed by atoms with Gasteiger partial charge in [-0.05, 0) is 55.2 Å². The highest BCUT2D eigenvalue weighted by Crippen LogP contribution is 2.38. The van der Waals surface area contributed by atoms with Crippen molar-refractivity contribution in [3.8, 4) is 11.8 Å². The minimum absolute atomic E-state index is 0.0134. The highest BCUT2D eigenvalue weighted by atomic mass is 19.4. The molecule has 1 aliphatic carbocycles. The molecule has 1 heterocycles. The van der Waals surface area contributed by atoms with E-state index in [2.05, 4.69) is 21.3 Å². The molecule has 0 amide bonds. The van der Waals surface area contributed by atoms with E-state index in [0.29, 0.717) is 57.0 Å². The van der Waals surface area contributed by atoms with E-state index in [9.17, 15) is 43.9 Å². The third-order valence-electron chi connectivity index (χ3n) is 6.85. The molecule has 0 aromatic heterocycles. The molecule has 48 heavy (non-hydrogen) atoms. The van der Waals surface area contributed by atoms with E-state index in [1.807, 2.05) is 6.92 Å². The first kappa shape index (κ1) is 37.0. The van der Waals surface area contributed by atoms with Gasteiger partial charge in [0.1, 0.15) is 46.5 Å². The summed E-state index contributed by atoms with van der Waals surface area (Å²) in [5.74, 6) is -4.86. The standard InChI is InChI=1S/C33H28F10O5/c1-2-9-44-10-11-45-23-7-8-29(46-18-23)21-6-5-20(25(35)14-21)4-3-19-12-27(37)31(28(38)13-19)32(39,40)47-24-15-22(34)16-30(26(36)17-24)48-33(41,42)43/h5-6,12-17,23,29-30H,2,7-11,18H2,1H3. The first-order valence-corrected chi connectivity index (χ1v) is 14.5. The molecule has 0 spiro atoms. The normalized spacial score (nSPS) is 20.2. The maximum absolute atomic E-state index is 14.9. The van der Waals surface area contributed by atoms with Gasteiger partial charge in [0.05, 0.1) is 37.6 Å². The lowest BCUT2D eigenvalue weighted by molar-refractivity contribution is -0.333. The average molecular weight is 695 g/mol. The minimum atomic E-state index is -5.41. The zero-order valence-electron chi connectivity index (χ0n) is 25.1. The molecule has 0 saturated carbocycles. The molecule has 2 aromatic rings. The molecule has 1 aliphatic heterocycles. The predicted molar refractivity (Wildman–Crippen MR) is 150 cm³/mol. The van der Waals surface area contributed by atoms with Gasteiger partial charge in [-0.25, -0.2) is 22.0 Å². The van der Waals surface area contributed by atoms with Crippen LogP contribution in [0.2, 0.25) is 0 Å². The Morgan fingerprint density at radius 3 is 2.21 bits per heavy atom. The van der Waals surface area contributed by atoms with Crippen molar-refractivity contribution in [2.45, 2.75) is 57.0 Å². The molecule has 15 heteroatoms. The van der Waals surface area contributed by atoms with Crippen LogP contribution in [0, 0.1) is 29.3 Å². The third kappa shape index (κ3) is 10.3. The second-order valence-corrected chi connectivity index (χ2v) is 10.5. The number of ether oxygens (including phenoxy) is 5. The van der Waals surface area contributed by atoms with Crippen LogP contribution in [0.5, 0.6) is 0 Å². The summed E-state index contributed by atoms with van der Waals surface area (Å²) in [5, 5.41) is 0. The van der Waals surface area contributed by atoms with Crippen LogP contribution >= 0.6 is 0 Å². The number of halogens is 10. The zero-order chi connectivity index (χ0) is 35.1. The first-order chi connectivity index (χ1) is 22.6. The molecule has 3 unspecified atom stereocenters. The molecule has 3 atom stereocenters. The van der Waals surface area contributed by atoms with Gasteiger partial charge in [-0.2, -0.15) is 8.78 Å². The fraction of sp³-hybridized carbons (Fsp3) is 0.394. The van der Waals surface area contributed by atoms with Crippen LogP contribution in [0.1, 0.15) is 54.5 Å². The Labute approximate surface area is 268 Å². The Hall–Kier alpha value is -3.84. The lowest BCUT2D eigenvalue weighted by atomic mass is 9.98. The van der Waals surface area contributed by atoms with Crippen LogP contribution in [0.25, 0.3) is 0 Å². The molecular weight excluding hydrogens is 666 g/mol. The molecule has 2 aromatic carbocycles. The summed E-state index contributed by atoms with van der Waals surface area (Å²) >= 11 is 0. The fourth-order valence-electron chi connectivity index (χ4n) is 4.70. The average Bonchev–Trinajstić information content (AvgIpc) is 3.11. The van der Waals surface area contributed by atoms with Crippen LogP contribution < -0.4 is 0 Å². The van der Waals surface area contributed by atoms with Crippen LogP contribution in [0.4, 0.5) is 43.9 Å². The summed E-state index contributed by atoms with van der Waals surface area (Å²) in [7, 11) is 0. The highest BCUT2D eigenvalue weighted by Gasteiger charge is 2.42. The summed E-state index contributed by atoms with van der Waals surface area (Å²) in [5.41, 5.74) is -2.10. The van der Waals surface area contributed by atoms with Gasteiger partial charge in [-0.3, -0.25) is 4.74 Å². The highest BCUT2D eigenvalue weighted by molar-refractivity contribution is 5.46. The van der Waals surface area contributed by atoms with Crippen molar-refractivity contribution in [2.24, 2.45) is 0 Å².